The molecular weight excluding hydrogens is 368 g/mol. The van der Waals surface area contributed by atoms with Crippen LogP contribution in [0.5, 0.6) is 0 Å². The second-order valence-electron chi connectivity index (χ2n) is 8.71. The summed E-state index contributed by atoms with van der Waals surface area (Å²) in [5.41, 5.74) is 0. The molecule has 2 aliphatic heterocycles. The minimum atomic E-state index is 0.494. The first kappa shape index (κ1) is 19.7. The predicted octanol–water partition coefficient (Wildman–Crippen LogP) is 3.93. The van der Waals surface area contributed by atoms with Gasteiger partial charge >= 0.3 is 0 Å². The van der Waals surface area contributed by atoms with E-state index in [9.17, 15) is 0 Å². The first-order chi connectivity index (χ1) is 13.7. The van der Waals surface area contributed by atoms with Crippen LogP contribution in [0.3, 0.4) is 0 Å². The fraction of sp³-hybridized carbons (Fsp3) is 0.762. The fourth-order valence-electron chi connectivity index (χ4n) is 4.56. The van der Waals surface area contributed by atoms with Crippen LogP contribution in [0.15, 0.2) is 6.07 Å². The highest BCUT2D eigenvalue weighted by Gasteiger charge is 2.22. The van der Waals surface area contributed by atoms with Crippen molar-refractivity contribution in [3.63, 3.8) is 0 Å². The molecule has 1 saturated carbocycles. The Labute approximate surface area is 174 Å². The van der Waals surface area contributed by atoms with Gasteiger partial charge in [0.25, 0.3) is 0 Å². The second-order valence-corrected chi connectivity index (χ2v) is 9.11. The lowest BCUT2D eigenvalue weighted by Crippen LogP contribution is -2.37. The fourth-order valence-corrected chi connectivity index (χ4v) is 4.81. The maximum Gasteiger partial charge on any atom is 0.232 e. The van der Waals surface area contributed by atoms with Gasteiger partial charge in [0, 0.05) is 38.3 Å². The zero-order valence-electron chi connectivity index (χ0n) is 17.1. The molecule has 7 heteroatoms. The molecule has 6 nitrogen and oxygen atoms in total. The van der Waals surface area contributed by atoms with E-state index >= 15 is 0 Å². The number of thiocarbonyl (C=S) groups is 1. The topological polar surface area (TPSA) is 56.3 Å². The third kappa shape index (κ3) is 5.04. The van der Waals surface area contributed by atoms with Crippen LogP contribution in [0, 0.1) is 5.92 Å². The molecule has 0 amide bonds. The number of aromatic nitrogens is 2. The van der Waals surface area contributed by atoms with Crippen LogP contribution in [0.4, 0.5) is 17.6 Å². The van der Waals surface area contributed by atoms with Crippen molar-refractivity contribution in [3.8, 4) is 0 Å². The van der Waals surface area contributed by atoms with E-state index in [2.05, 4.69) is 33.4 Å². The first-order valence-corrected chi connectivity index (χ1v) is 11.5. The lowest BCUT2D eigenvalue weighted by molar-refractivity contribution is 0.436. The minimum Gasteiger partial charge on any atom is -0.360 e. The van der Waals surface area contributed by atoms with E-state index in [1.807, 2.05) is 0 Å². The average Bonchev–Trinajstić information content (AvgIpc) is 3.22. The van der Waals surface area contributed by atoms with E-state index in [1.54, 1.807) is 0 Å². The van der Waals surface area contributed by atoms with Gasteiger partial charge in [-0.15, -0.1) is 0 Å². The number of rotatable bonds is 4. The summed E-state index contributed by atoms with van der Waals surface area (Å²) in [5, 5.41) is 7.38. The molecule has 0 aromatic carbocycles. The van der Waals surface area contributed by atoms with Gasteiger partial charge in [-0.05, 0) is 63.1 Å². The lowest BCUT2D eigenvalue weighted by Gasteiger charge is -2.33. The van der Waals surface area contributed by atoms with Gasteiger partial charge in [0.05, 0.1) is 0 Å². The normalized spacial score (nSPS) is 21.8. The number of anilines is 3. The Kier molecular flexibility index (Phi) is 6.50. The van der Waals surface area contributed by atoms with E-state index in [0.717, 1.165) is 43.7 Å². The average molecular weight is 403 g/mol. The molecule has 3 aliphatic rings. The summed E-state index contributed by atoms with van der Waals surface area (Å²) in [4.78, 5) is 14.5. The summed E-state index contributed by atoms with van der Waals surface area (Å²) in [7, 11) is 0. The molecule has 154 valence electrons. The molecule has 3 fully saturated rings. The number of hydrogen-bond donors (Lipinski definition) is 2. The van der Waals surface area contributed by atoms with E-state index < -0.39 is 0 Å². The van der Waals surface area contributed by atoms with Crippen LogP contribution in [-0.4, -0.2) is 47.3 Å². The lowest BCUT2D eigenvalue weighted by atomic mass is 9.99. The number of hydrogen-bond acceptors (Lipinski definition) is 5. The Morgan fingerprint density at radius 3 is 2.14 bits per heavy atom. The van der Waals surface area contributed by atoms with E-state index in [-0.39, 0.29) is 0 Å². The number of piperidine rings is 2. The van der Waals surface area contributed by atoms with Gasteiger partial charge in [-0.25, -0.2) is 0 Å². The third-order valence-electron chi connectivity index (χ3n) is 6.40. The van der Waals surface area contributed by atoms with Gasteiger partial charge in [0.2, 0.25) is 5.95 Å². The Balaban J connectivity index is 1.51. The highest BCUT2D eigenvalue weighted by molar-refractivity contribution is 7.80. The minimum absolute atomic E-state index is 0.494. The molecule has 0 bridgehead atoms. The van der Waals surface area contributed by atoms with Crippen molar-refractivity contribution in [2.45, 2.75) is 70.8 Å². The quantitative estimate of drug-likeness (QED) is 0.740. The van der Waals surface area contributed by atoms with Crippen molar-refractivity contribution in [2.75, 3.05) is 41.3 Å². The molecule has 0 atom stereocenters. The predicted molar refractivity (Wildman–Crippen MR) is 120 cm³/mol. The third-order valence-corrected chi connectivity index (χ3v) is 6.62. The van der Waals surface area contributed by atoms with Crippen LogP contribution in [-0.2, 0) is 0 Å². The molecule has 2 N–H and O–H groups in total. The van der Waals surface area contributed by atoms with Gasteiger partial charge in [-0.2, -0.15) is 9.97 Å². The first-order valence-electron chi connectivity index (χ1n) is 11.1. The summed E-state index contributed by atoms with van der Waals surface area (Å²) in [6.45, 7) is 6.65. The van der Waals surface area contributed by atoms with E-state index in [4.69, 9.17) is 22.2 Å². The zero-order valence-corrected chi connectivity index (χ0v) is 17.9. The van der Waals surface area contributed by atoms with Gasteiger partial charge < -0.3 is 20.4 Å². The number of nitrogens with zero attached hydrogens (tertiary/aromatic N) is 4. The number of nitrogens with one attached hydrogen (secondary N) is 2. The molecular formula is C21H34N6S. The maximum atomic E-state index is 5.56. The summed E-state index contributed by atoms with van der Waals surface area (Å²) in [6, 6.07) is 2.67. The molecule has 0 spiro atoms. The monoisotopic (exact) mass is 402 g/mol. The molecule has 0 unspecified atom stereocenters. The van der Waals surface area contributed by atoms with Crippen molar-refractivity contribution >= 4 is 34.9 Å². The van der Waals surface area contributed by atoms with E-state index in [0.29, 0.717) is 17.1 Å². The SMILES string of the molecule is CC1CCN(c2cc(N3CCCCC3)nc(NC(=S)NC3CCCC3)n2)CC1. The Bertz CT molecular complexity index is 661. The second kappa shape index (κ2) is 9.25. The molecule has 1 aromatic rings. The Morgan fingerprint density at radius 2 is 1.50 bits per heavy atom. The van der Waals surface area contributed by atoms with Crippen LogP contribution in [0.25, 0.3) is 0 Å². The van der Waals surface area contributed by atoms with Crippen LogP contribution < -0.4 is 20.4 Å². The molecule has 1 aromatic heterocycles. The maximum absolute atomic E-state index is 5.56. The molecule has 4 rings (SSSR count). The van der Waals surface area contributed by atoms with Crippen molar-refractivity contribution in [3.05, 3.63) is 6.07 Å². The summed E-state index contributed by atoms with van der Waals surface area (Å²) >= 11 is 5.56. The van der Waals surface area contributed by atoms with Crippen molar-refractivity contribution < 1.29 is 0 Å². The summed E-state index contributed by atoms with van der Waals surface area (Å²) < 4.78 is 0. The molecule has 3 heterocycles. The van der Waals surface area contributed by atoms with Gasteiger partial charge in [-0.3, -0.25) is 0 Å². The van der Waals surface area contributed by atoms with Gasteiger partial charge in [-0.1, -0.05) is 19.8 Å². The molecule has 0 radical (unpaired) electrons. The highest BCUT2D eigenvalue weighted by atomic mass is 32.1. The Morgan fingerprint density at radius 1 is 0.893 bits per heavy atom. The largest absolute Gasteiger partial charge is 0.360 e. The van der Waals surface area contributed by atoms with Crippen molar-refractivity contribution in [1.29, 1.82) is 0 Å². The van der Waals surface area contributed by atoms with Gasteiger partial charge in [0.15, 0.2) is 5.11 Å². The standard InChI is InChI=1S/C21H34N6S/c1-16-9-13-27(14-10-16)19-15-18(26-11-5-2-6-12-26)23-20(24-19)25-21(28)22-17-7-3-4-8-17/h15-17H,2-14H2,1H3,(H2,22,23,24,25,28). The molecule has 28 heavy (non-hydrogen) atoms. The van der Waals surface area contributed by atoms with Crippen LogP contribution in [0.2, 0.25) is 0 Å². The van der Waals surface area contributed by atoms with Crippen molar-refractivity contribution in [2.24, 2.45) is 5.92 Å². The van der Waals surface area contributed by atoms with E-state index in [1.165, 1.54) is 57.8 Å². The summed E-state index contributed by atoms with van der Waals surface area (Å²) in [6.07, 6.45) is 11.2. The zero-order chi connectivity index (χ0) is 19.3. The molecule has 2 saturated heterocycles. The molecule has 1 aliphatic carbocycles. The Hall–Kier alpha value is -1.63. The smallest absolute Gasteiger partial charge is 0.232 e. The van der Waals surface area contributed by atoms with Crippen LogP contribution in [0.1, 0.15) is 64.7 Å². The van der Waals surface area contributed by atoms with Crippen molar-refractivity contribution in [1.82, 2.24) is 15.3 Å². The van der Waals surface area contributed by atoms with Gasteiger partial charge in [0.1, 0.15) is 11.6 Å². The summed E-state index contributed by atoms with van der Waals surface area (Å²) in [5.74, 6) is 3.51. The van der Waals surface area contributed by atoms with Crippen LogP contribution >= 0.6 is 12.2 Å². The highest BCUT2D eigenvalue weighted by Crippen LogP contribution is 2.27.